The number of para-hydroxylation sites is 6. The number of aryl methyl sites for hydroxylation is 2. The summed E-state index contributed by atoms with van der Waals surface area (Å²) in [7, 11) is 0. The van der Waals surface area contributed by atoms with E-state index in [1.807, 2.05) is 0 Å². The Morgan fingerprint density at radius 2 is 0.797 bits per heavy atom. The highest BCUT2D eigenvalue weighted by Crippen LogP contribution is 2.50. The molecule has 280 valence electrons. The number of rotatable bonds is 7. The molecule has 0 saturated heterocycles. The van der Waals surface area contributed by atoms with Crippen LogP contribution in [0.15, 0.2) is 191 Å². The highest BCUT2D eigenvalue weighted by Gasteiger charge is 2.25. The van der Waals surface area contributed by atoms with Crippen molar-refractivity contribution in [2.75, 3.05) is 9.80 Å². The average molecular weight is 759 g/mol. The fraction of sp³-hybridized carbons (Fsp3) is 0.0545. The molecule has 0 saturated carbocycles. The molecule has 0 bridgehead atoms. The summed E-state index contributed by atoms with van der Waals surface area (Å²) in [6, 6.07) is 65.5. The van der Waals surface area contributed by atoms with Gasteiger partial charge >= 0.3 is 0 Å². The van der Waals surface area contributed by atoms with Crippen molar-refractivity contribution in [2.45, 2.75) is 20.3 Å². The molecule has 0 N–H and O–H groups in total. The Morgan fingerprint density at radius 3 is 1.32 bits per heavy atom. The van der Waals surface area contributed by atoms with Crippen molar-refractivity contribution in [3.8, 4) is 0 Å². The summed E-state index contributed by atoms with van der Waals surface area (Å²) in [5, 5.41) is 11.7. The minimum Gasteiger partial charge on any atom is -0.454 e. The average Bonchev–Trinajstić information content (AvgIpc) is 3.88. The lowest BCUT2D eigenvalue weighted by Crippen LogP contribution is -2.11. The molecule has 0 aliphatic carbocycles. The molecule has 12 aromatic rings. The van der Waals surface area contributed by atoms with E-state index in [0.717, 1.165) is 90.0 Å². The molecular formula is C55H38N2O2. The van der Waals surface area contributed by atoms with E-state index in [2.05, 4.69) is 206 Å². The van der Waals surface area contributed by atoms with Gasteiger partial charge in [0.1, 0.15) is 11.2 Å². The van der Waals surface area contributed by atoms with Crippen LogP contribution in [-0.2, 0) is 6.42 Å². The Kier molecular flexibility index (Phi) is 7.39. The highest BCUT2D eigenvalue weighted by atomic mass is 16.3. The predicted octanol–water partition coefficient (Wildman–Crippen LogP) is 16.2. The van der Waals surface area contributed by atoms with E-state index in [9.17, 15) is 0 Å². The molecule has 4 nitrogen and oxygen atoms in total. The molecule has 0 atom stereocenters. The van der Waals surface area contributed by atoms with E-state index < -0.39 is 0 Å². The summed E-state index contributed by atoms with van der Waals surface area (Å²) in [5.41, 5.74) is 12.3. The number of nitrogens with zero attached hydrogens (tertiary/aromatic N) is 2. The molecule has 2 heterocycles. The number of fused-ring (bicyclic) bond motifs is 6. The van der Waals surface area contributed by atoms with Gasteiger partial charge in [-0.3, -0.25) is 0 Å². The van der Waals surface area contributed by atoms with Crippen molar-refractivity contribution in [1.29, 1.82) is 0 Å². The van der Waals surface area contributed by atoms with Crippen LogP contribution in [0.4, 0.5) is 34.1 Å². The van der Waals surface area contributed by atoms with Crippen molar-refractivity contribution in [3.63, 3.8) is 0 Å². The third-order valence-corrected chi connectivity index (χ3v) is 12.3. The molecule has 0 aliphatic heterocycles. The van der Waals surface area contributed by atoms with Crippen molar-refractivity contribution in [3.05, 3.63) is 193 Å². The van der Waals surface area contributed by atoms with Gasteiger partial charge in [0.25, 0.3) is 0 Å². The first-order chi connectivity index (χ1) is 29.2. The summed E-state index contributed by atoms with van der Waals surface area (Å²) < 4.78 is 13.7. The SMILES string of the molecule is CCc1cccc2c1oc1c(N(c3ccccc3)c3ccc4ccc5c(N(c6ccccc6)c6cccc7c6oc6c(C)cccc67)ccc6ccc3c4c65)cccc12. The fourth-order valence-electron chi connectivity index (χ4n) is 9.57. The first-order valence-corrected chi connectivity index (χ1v) is 20.4. The van der Waals surface area contributed by atoms with Crippen molar-refractivity contribution in [1.82, 2.24) is 0 Å². The normalized spacial score (nSPS) is 12.0. The second-order valence-corrected chi connectivity index (χ2v) is 15.5. The zero-order valence-corrected chi connectivity index (χ0v) is 32.7. The minimum atomic E-state index is 0.873. The maximum absolute atomic E-state index is 6.88. The first kappa shape index (κ1) is 33.6. The van der Waals surface area contributed by atoms with Crippen molar-refractivity contribution < 1.29 is 8.83 Å². The van der Waals surface area contributed by atoms with Gasteiger partial charge in [0, 0.05) is 43.7 Å². The summed E-state index contributed by atoms with van der Waals surface area (Å²) in [4.78, 5) is 4.75. The second kappa shape index (κ2) is 13.0. The van der Waals surface area contributed by atoms with Gasteiger partial charge < -0.3 is 18.6 Å². The van der Waals surface area contributed by atoms with E-state index in [1.54, 1.807) is 0 Å². The van der Waals surface area contributed by atoms with Crippen LogP contribution >= 0.6 is 0 Å². The lowest BCUT2D eigenvalue weighted by Gasteiger charge is -2.29. The Labute approximate surface area is 341 Å². The highest BCUT2D eigenvalue weighted by molar-refractivity contribution is 6.28. The zero-order chi connectivity index (χ0) is 39.2. The third kappa shape index (κ3) is 4.96. The second-order valence-electron chi connectivity index (χ2n) is 15.5. The van der Waals surface area contributed by atoms with Gasteiger partial charge in [-0.2, -0.15) is 0 Å². The van der Waals surface area contributed by atoms with Crippen LogP contribution in [0, 0.1) is 6.92 Å². The van der Waals surface area contributed by atoms with Gasteiger partial charge in [0.15, 0.2) is 11.2 Å². The quantitative estimate of drug-likeness (QED) is 0.152. The van der Waals surface area contributed by atoms with Crippen LogP contribution in [0.25, 0.3) is 76.2 Å². The third-order valence-electron chi connectivity index (χ3n) is 12.3. The van der Waals surface area contributed by atoms with Gasteiger partial charge in [0.2, 0.25) is 0 Å². The lowest BCUT2D eigenvalue weighted by molar-refractivity contribution is 0.663. The van der Waals surface area contributed by atoms with E-state index in [0.29, 0.717) is 0 Å². The molecule has 10 aromatic carbocycles. The largest absolute Gasteiger partial charge is 0.454 e. The number of hydrogen-bond acceptors (Lipinski definition) is 4. The molecule has 0 aliphatic rings. The van der Waals surface area contributed by atoms with E-state index in [4.69, 9.17) is 8.83 Å². The zero-order valence-electron chi connectivity index (χ0n) is 32.7. The van der Waals surface area contributed by atoms with Crippen LogP contribution in [0.5, 0.6) is 0 Å². The molecule has 0 radical (unpaired) electrons. The molecule has 59 heavy (non-hydrogen) atoms. The maximum atomic E-state index is 6.88. The summed E-state index contributed by atoms with van der Waals surface area (Å²) >= 11 is 0. The van der Waals surface area contributed by atoms with Crippen LogP contribution < -0.4 is 9.80 Å². The van der Waals surface area contributed by atoms with Gasteiger partial charge in [-0.15, -0.1) is 0 Å². The molecule has 4 heteroatoms. The molecule has 0 amide bonds. The van der Waals surface area contributed by atoms with Crippen LogP contribution in [0.3, 0.4) is 0 Å². The first-order valence-electron chi connectivity index (χ1n) is 20.4. The number of hydrogen-bond donors (Lipinski definition) is 0. The Hall–Kier alpha value is -7.56. The van der Waals surface area contributed by atoms with Crippen molar-refractivity contribution >= 4 is 110 Å². The van der Waals surface area contributed by atoms with Crippen molar-refractivity contribution in [2.24, 2.45) is 0 Å². The maximum Gasteiger partial charge on any atom is 0.159 e. The van der Waals surface area contributed by atoms with Gasteiger partial charge in [0.05, 0.1) is 22.7 Å². The lowest BCUT2D eigenvalue weighted by atomic mass is 9.91. The molecular weight excluding hydrogens is 721 g/mol. The summed E-state index contributed by atoms with van der Waals surface area (Å²) in [5.74, 6) is 0. The van der Waals surface area contributed by atoms with Crippen LogP contribution in [0.1, 0.15) is 18.1 Å². The van der Waals surface area contributed by atoms with Gasteiger partial charge in [-0.25, -0.2) is 0 Å². The Morgan fingerprint density at radius 1 is 0.356 bits per heavy atom. The standard InChI is InChI=1S/C55H38N2O2/c1-3-35-15-11-21-41-43-23-13-25-49(55(43)59-53(35)41)57(39-18-8-5-9-19-39)47-33-29-37-26-30-44-46(32-28-36-27-31-45(47)51(37)50(36)44)56(38-16-6-4-7-17-38)48-24-12-22-42-40-20-10-14-34(2)52(40)58-54(42)48/h4-33H,3H2,1-2H3. The minimum absolute atomic E-state index is 0.873. The van der Waals surface area contributed by atoms with Crippen LogP contribution in [0.2, 0.25) is 0 Å². The summed E-state index contributed by atoms with van der Waals surface area (Å²) in [6.07, 6.45) is 0.903. The van der Waals surface area contributed by atoms with Gasteiger partial charge in [-0.05, 0) is 94.5 Å². The topological polar surface area (TPSA) is 32.8 Å². The molecule has 0 fully saturated rings. The fourth-order valence-corrected chi connectivity index (χ4v) is 9.57. The smallest absolute Gasteiger partial charge is 0.159 e. The molecule has 0 spiro atoms. The predicted molar refractivity (Wildman–Crippen MR) is 248 cm³/mol. The number of anilines is 6. The number of benzene rings is 10. The molecule has 12 rings (SSSR count). The van der Waals surface area contributed by atoms with E-state index >= 15 is 0 Å². The monoisotopic (exact) mass is 758 g/mol. The molecule has 0 unspecified atom stereocenters. The number of furan rings is 2. The van der Waals surface area contributed by atoms with Crippen LogP contribution in [-0.4, -0.2) is 0 Å². The molecule has 2 aromatic heterocycles. The van der Waals surface area contributed by atoms with E-state index in [1.165, 1.54) is 37.9 Å². The Bertz CT molecular complexity index is 3560. The van der Waals surface area contributed by atoms with E-state index in [-0.39, 0.29) is 0 Å². The van der Waals surface area contributed by atoms with Gasteiger partial charge in [-0.1, -0.05) is 140 Å². The summed E-state index contributed by atoms with van der Waals surface area (Å²) in [6.45, 7) is 4.31. The Balaban J connectivity index is 1.13.